The number of guanidine groups is 1. The Hall–Kier alpha value is -1.16. The Labute approximate surface area is 146 Å². The number of benzene rings is 1. The number of nitrogens with zero attached hydrogens (tertiary/aromatic N) is 1. The van der Waals surface area contributed by atoms with Crippen LogP contribution >= 0.6 is 24.0 Å². The van der Waals surface area contributed by atoms with E-state index in [2.05, 4.69) is 20.4 Å². The average Bonchev–Trinajstić information content (AvgIpc) is 2.44. The minimum absolute atomic E-state index is 0. The number of hydrogen-bond acceptors (Lipinski definition) is 3. The summed E-state index contributed by atoms with van der Waals surface area (Å²) in [6.07, 6.45) is 0. The lowest BCUT2D eigenvalue weighted by Crippen LogP contribution is -2.38. The van der Waals surface area contributed by atoms with Crippen LogP contribution in [0.15, 0.2) is 23.2 Å². The van der Waals surface area contributed by atoms with E-state index in [1.165, 1.54) is 6.07 Å². The molecule has 0 fully saturated rings. The number of aliphatic hydroxyl groups is 1. The molecule has 0 aromatic heterocycles. The zero-order valence-corrected chi connectivity index (χ0v) is 14.9. The first kappa shape index (κ1) is 20.8. The van der Waals surface area contributed by atoms with Crippen LogP contribution in [0.1, 0.15) is 18.1 Å². The van der Waals surface area contributed by atoms with Gasteiger partial charge in [-0.2, -0.15) is 8.78 Å². The quantitative estimate of drug-likeness (QED) is 0.354. The normalized spacial score (nSPS) is 11.1. The van der Waals surface area contributed by atoms with Crippen LogP contribution in [-0.2, 0) is 6.54 Å². The van der Waals surface area contributed by atoms with E-state index in [1.807, 2.05) is 13.8 Å². The summed E-state index contributed by atoms with van der Waals surface area (Å²) in [7, 11) is 0. The Morgan fingerprint density at radius 3 is 2.68 bits per heavy atom. The van der Waals surface area contributed by atoms with Crippen molar-refractivity contribution in [1.29, 1.82) is 0 Å². The summed E-state index contributed by atoms with van der Waals surface area (Å²) in [6.45, 7) is 2.11. The van der Waals surface area contributed by atoms with E-state index in [1.54, 1.807) is 12.1 Å². The summed E-state index contributed by atoms with van der Waals surface area (Å²) in [5.41, 5.74) is 1.52. The molecule has 5 nitrogen and oxygen atoms in total. The van der Waals surface area contributed by atoms with Crippen molar-refractivity contribution >= 4 is 29.9 Å². The lowest BCUT2D eigenvalue weighted by molar-refractivity contribution is -0.0504. The molecule has 0 heterocycles. The number of alkyl halides is 2. The molecule has 1 aromatic carbocycles. The maximum Gasteiger partial charge on any atom is 0.387 e. The van der Waals surface area contributed by atoms with E-state index in [0.29, 0.717) is 24.6 Å². The summed E-state index contributed by atoms with van der Waals surface area (Å²) in [5.74, 6) is 0.633. The third-order valence-electron chi connectivity index (χ3n) is 2.59. The minimum Gasteiger partial charge on any atom is -0.434 e. The smallest absolute Gasteiger partial charge is 0.387 e. The highest BCUT2D eigenvalue weighted by Gasteiger charge is 2.10. The second kappa shape index (κ2) is 11.4. The molecule has 3 N–H and O–H groups in total. The first-order chi connectivity index (χ1) is 10.1. The van der Waals surface area contributed by atoms with Crippen LogP contribution in [0.3, 0.4) is 0 Å². The number of rotatable bonds is 7. The Balaban J connectivity index is 0.00000441. The minimum atomic E-state index is -2.86. The molecule has 0 unspecified atom stereocenters. The molecule has 1 aromatic rings. The fourth-order valence-electron chi connectivity index (χ4n) is 1.72. The van der Waals surface area contributed by atoms with Crippen molar-refractivity contribution in [1.82, 2.24) is 10.6 Å². The zero-order chi connectivity index (χ0) is 15.7. The van der Waals surface area contributed by atoms with Crippen molar-refractivity contribution in [2.45, 2.75) is 27.0 Å². The predicted molar refractivity (Wildman–Crippen MR) is 93.1 cm³/mol. The molecule has 0 radical (unpaired) electrons. The van der Waals surface area contributed by atoms with Gasteiger partial charge in [-0.05, 0) is 19.9 Å². The third-order valence-corrected chi connectivity index (χ3v) is 2.59. The van der Waals surface area contributed by atoms with Crippen LogP contribution in [0.5, 0.6) is 5.75 Å². The SMILES string of the molecule is CCNC(=NCc1cc(C)ccc1OC(F)F)NCCO.I. The van der Waals surface area contributed by atoms with E-state index in [-0.39, 0.29) is 42.9 Å². The van der Waals surface area contributed by atoms with Crippen molar-refractivity contribution in [2.75, 3.05) is 19.7 Å². The second-order valence-electron chi connectivity index (χ2n) is 4.34. The molecular weight excluding hydrogens is 407 g/mol. The van der Waals surface area contributed by atoms with Crippen LogP contribution in [0.25, 0.3) is 0 Å². The highest BCUT2D eigenvalue weighted by atomic mass is 127. The van der Waals surface area contributed by atoms with Gasteiger partial charge in [0.15, 0.2) is 5.96 Å². The van der Waals surface area contributed by atoms with E-state index < -0.39 is 6.61 Å². The summed E-state index contributed by atoms with van der Waals surface area (Å²) in [6, 6.07) is 4.98. The third kappa shape index (κ3) is 7.74. The van der Waals surface area contributed by atoms with Gasteiger partial charge in [-0.25, -0.2) is 4.99 Å². The molecule has 1 rings (SSSR count). The van der Waals surface area contributed by atoms with Crippen molar-refractivity contribution in [3.8, 4) is 5.75 Å². The zero-order valence-electron chi connectivity index (χ0n) is 12.6. The Kier molecular flexibility index (Phi) is 10.8. The molecule has 8 heteroatoms. The Bertz CT molecular complexity index is 473. The van der Waals surface area contributed by atoms with Crippen molar-refractivity contribution in [3.05, 3.63) is 29.3 Å². The molecular formula is C14H22F2IN3O2. The molecule has 0 aliphatic carbocycles. The van der Waals surface area contributed by atoms with Crippen molar-refractivity contribution < 1.29 is 18.6 Å². The molecule has 0 amide bonds. The molecule has 0 atom stereocenters. The predicted octanol–water partition coefficient (Wildman–Crippen LogP) is 2.26. The van der Waals surface area contributed by atoms with Gasteiger partial charge in [0.25, 0.3) is 0 Å². The van der Waals surface area contributed by atoms with Gasteiger partial charge in [-0.15, -0.1) is 24.0 Å². The number of aryl methyl sites for hydroxylation is 1. The van der Waals surface area contributed by atoms with Crippen LogP contribution in [0, 0.1) is 6.92 Å². The number of nitrogens with one attached hydrogen (secondary N) is 2. The van der Waals surface area contributed by atoms with E-state index in [9.17, 15) is 8.78 Å². The van der Waals surface area contributed by atoms with Gasteiger partial charge in [-0.3, -0.25) is 0 Å². The largest absolute Gasteiger partial charge is 0.434 e. The van der Waals surface area contributed by atoms with Crippen LogP contribution in [-0.4, -0.2) is 37.4 Å². The van der Waals surface area contributed by atoms with Gasteiger partial charge in [0.1, 0.15) is 5.75 Å². The highest BCUT2D eigenvalue weighted by Crippen LogP contribution is 2.22. The fraction of sp³-hybridized carbons (Fsp3) is 0.500. The number of hydrogen-bond donors (Lipinski definition) is 3. The van der Waals surface area contributed by atoms with Crippen LogP contribution in [0.2, 0.25) is 0 Å². The monoisotopic (exact) mass is 429 g/mol. The van der Waals surface area contributed by atoms with Gasteiger partial charge in [0.05, 0.1) is 13.2 Å². The summed E-state index contributed by atoms with van der Waals surface area (Å²) >= 11 is 0. The lowest BCUT2D eigenvalue weighted by Gasteiger charge is -2.12. The van der Waals surface area contributed by atoms with Crippen LogP contribution in [0.4, 0.5) is 8.78 Å². The molecule has 22 heavy (non-hydrogen) atoms. The van der Waals surface area contributed by atoms with E-state index in [0.717, 1.165) is 5.56 Å². The number of ether oxygens (including phenoxy) is 1. The van der Waals surface area contributed by atoms with Crippen LogP contribution < -0.4 is 15.4 Å². The number of aliphatic imine (C=N–C) groups is 1. The number of aliphatic hydroxyl groups excluding tert-OH is 1. The van der Waals surface area contributed by atoms with Gasteiger partial charge >= 0.3 is 6.61 Å². The average molecular weight is 429 g/mol. The first-order valence-corrected chi connectivity index (χ1v) is 6.74. The highest BCUT2D eigenvalue weighted by molar-refractivity contribution is 14.0. The van der Waals surface area contributed by atoms with Crippen molar-refractivity contribution in [3.63, 3.8) is 0 Å². The summed E-state index contributed by atoms with van der Waals surface area (Å²) in [4.78, 5) is 4.29. The molecule has 0 saturated carbocycles. The number of halogens is 3. The Morgan fingerprint density at radius 2 is 2.09 bits per heavy atom. The van der Waals surface area contributed by atoms with Gasteiger partial charge < -0.3 is 20.5 Å². The molecule has 0 bridgehead atoms. The molecule has 0 spiro atoms. The fourth-order valence-corrected chi connectivity index (χ4v) is 1.72. The molecule has 0 aliphatic heterocycles. The van der Waals surface area contributed by atoms with Gasteiger partial charge in [0, 0.05) is 18.7 Å². The molecule has 0 saturated heterocycles. The van der Waals surface area contributed by atoms with E-state index >= 15 is 0 Å². The standard InChI is InChI=1S/C14H21F2N3O2.HI/c1-3-17-14(18-6-7-20)19-9-11-8-10(2)4-5-12(11)21-13(15)16;/h4-5,8,13,20H,3,6-7,9H2,1-2H3,(H2,17,18,19);1H. The van der Waals surface area contributed by atoms with Gasteiger partial charge in [0.2, 0.25) is 0 Å². The first-order valence-electron chi connectivity index (χ1n) is 6.74. The van der Waals surface area contributed by atoms with E-state index in [4.69, 9.17) is 5.11 Å². The summed E-state index contributed by atoms with van der Waals surface area (Å²) < 4.78 is 29.2. The topological polar surface area (TPSA) is 65.9 Å². The lowest BCUT2D eigenvalue weighted by atomic mass is 10.1. The van der Waals surface area contributed by atoms with Gasteiger partial charge in [-0.1, -0.05) is 17.7 Å². The maximum atomic E-state index is 12.4. The molecule has 0 aliphatic rings. The summed E-state index contributed by atoms with van der Waals surface area (Å²) in [5, 5.41) is 14.7. The Morgan fingerprint density at radius 1 is 1.36 bits per heavy atom. The molecule has 126 valence electrons. The second-order valence-corrected chi connectivity index (χ2v) is 4.34. The van der Waals surface area contributed by atoms with Crippen molar-refractivity contribution in [2.24, 2.45) is 4.99 Å². The maximum absolute atomic E-state index is 12.4.